The van der Waals surface area contributed by atoms with E-state index in [4.69, 9.17) is 4.74 Å². The highest BCUT2D eigenvalue weighted by Crippen LogP contribution is 2.30. The van der Waals surface area contributed by atoms with Crippen LogP contribution < -0.4 is 5.32 Å². The molecule has 0 spiro atoms. The van der Waals surface area contributed by atoms with E-state index in [-0.39, 0.29) is 0 Å². The fourth-order valence-electron chi connectivity index (χ4n) is 2.17. The molecule has 1 aromatic heterocycles. The first kappa shape index (κ1) is 12.6. The normalized spacial score (nSPS) is 24.6. The van der Waals surface area contributed by atoms with Crippen LogP contribution in [0.5, 0.6) is 0 Å². The van der Waals surface area contributed by atoms with Crippen molar-refractivity contribution in [3.63, 3.8) is 0 Å². The molecule has 0 aromatic carbocycles. The van der Waals surface area contributed by atoms with E-state index in [1.165, 1.54) is 15.8 Å². The van der Waals surface area contributed by atoms with E-state index in [0.717, 1.165) is 13.2 Å². The summed E-state index contributed by atoms with van der Waals surface area (Å²) in [6, 6.07) is 3.04. The number of halogens is 1. The quantitative estimate of drug-likeness (QED) is 0.918. The molecule has 0 saturated carbocycles. The second-order valence-electron chi connectivity index (χ2n) is 4.43. The summed E-state index contributed by atoms with van der Waals surface area (Å²) >= 11 is 5.39. The molecular weight excluding hydrogens is 286 g/mol. The molecule has 1 fully saturated rings. The molecule has 1 aliphatic rings. The Balaban J connectivity index is 1.91. The van der Waals surface area contributed by atoms with Crippen molar-refractivity contribution in [2.75, 3.05) is 13.2 Å². The van der Waals surface area contributed by atoms with Crippen LogP contribution in [0.25, 0.3) is 0 Å². The lowest BCUT2D eigenvalue weighted by atomic mass is 10.00. The minimum Gasteiger partial charge on any atom is -0.381 e. The lowest BCUT2D eigenvalue weighted by Gasteiger charge is -2.23. The molecule has 1 aliphatic heterocycles. The molecule has 90 valence electrons. The summed E-state index contributed by atoms with van der Waals surface area (Å²) < 4.78 is 6.64. The first-order chi connectivity index (χ1) is 7.68. The highest BCUT2D eigenvalue weighted by molar-refractivity contribution is 9.10. The fraction of sp³-hybridized carbons (Fsp3) is 0.667. The molecule has 0 aliphatic carbocycles. The van der Waals surface area contributed by atoms with Crippen molar-refractivity contribution in [1.82, 2.24) is 5.32 Å². The molecule has 0 amide bonds. The number of hydrogen-bond acceptors (Lipinski definition) is 3. The van der Waals surface area contributed by atoms with E-state index in [1.807, 2.05) is 0 Å². The topological polar surface area (TPSA) is 21.3 Å². The first-order valence-electron chi connectivity index (χ1n) is 5.75. The Bertz CT molecular complexity index is 336. The zero-order valence-corrected chi connectivity index (χ0v) is 12.1. The highest BCUT2D eigenvalue weighted by atomic mass is 79.9. The Morgan fingerprint density at radius 1 is 1.56 bits per heavy atom. The van der Waals surface area contributed by atoms with Crippen LogP contribution in [0.4, 0.5) is 0 Å². The minimum atomic E-state index is 0.407. The molecular formula is C12H18BrNOS. The molecule has 3 atom stereocenters. The molecule has 2 rings (SSSR count). The van der Waals surface area contributed by atoms with Gasteiger partial charge in [-0.2, -0.15) is 0 Å². The van der Waals surface area contributed by atoms with Gasteiger partial charge in [-0.15, -0.1) is 11.3 Å². The molecule has 0 radical (unpaired) electrons. The van der Waals surface area contributed by atoms with E-state index < -0.39 is 0 Å². The van der Waals surface area contributed by atoms with Gasteiger partial charge < -0.3 is 10.1 Å². The smallest absolute Gasteiger partial charge is 0.0509 e. The van der Waals surface area contributed by atoms with Gasteiger partial charge in [-0.05, 0) is 53.6 Å². The summed E-state index contributed by atoms with van der Waals surface area (Å²) in [6.45, 7) is 6.32. The zero-order valence-electron chi connectivity index (χ0n) is 9.70. The summed E-state index contributed by atoms with van der Waals surface area (Å²) in [7, 11) is 0. The van der Waals surface area contributed by atoms with Gasteiger partial charge in [-0.25, -0.2) is 0 Å². The third-order valence-corrected chi connectivity index (χ3v) is 5.28. The Hall–Kier alpha value is 0.100. The molecule has 1 saturated heterocycles. The van der Waals surface area contributed by atoms with Crippen LogP contribution in [-0.2, 0) is 4.74 Å². The van der Waals surface area contributed by atoms with Gasteiger partial charge in [0.05, 0.1) is 6.61 Å². The van der Waals surface area contributed by atoms with Gasteiger partial charge in [0.2, 0.25) is 0 Å². The summed E-state index contributed by atoms with van der Waals surface area (Å²) in [6.07, 6.45) is 1.19. The molecule has 4 heteroatoms. The standard InChI is InChI=1S/C12H18BrNOS/c1-8(10-3-5-15-7-10)14-9(2)12-11(13)4-6-16-12/h4,6,8-10,14H,3,5,7H2,1-2H3. The predicted molar refractivity (Wildman–Crippen MR) is 72.0 cm³/mol. The zero-order chi connectivity index (χ0) is 11.5. The Kier molecular flexibility index (Phi) is 4.41. The molecule has 1 N–H and O–H groups in total. The van der Waals surface area contributed by atoms with Gasteiger partial charge in [-0.1, -0.05) is 0 Å². The average molecular weight is 304 g/mol. The van der Waals surface area contributed by atoms with Gasteiger partial charge in [0, 0.05) is 28.0 Å². The summed E-state index contributed by atoms with van der Waals surface area (Å²) in [5.74, 6) is 0.668. The summed E-state index contributed by atoms with van der Waals surface area (Å²) in [5, 5.41) is 5.79. The van der Waals surface area contributed by atoms with Crippen molar-refractivity contribution in [3.8, 4) is 0 Å². The Morgan fingerprint density at radius 3 is 2.94 bits per heavy atom. The van der Waals surface area contributed by atoms with Crippen LogP contribution in [0.15, 0.2) is 15.9 Å². The predicted octanol–water partition coefficient (Wildman–Crippen LogP) is 3.59. The number of thiophene rings is 1. The number of hydrogen-bond donors (Lipinski definition) is 1. The fourth-order valence-corrected chi connectivity index (χ4v) is 3.90. The van der Waals surface area contributed by atoms with Gasteiger partial charge in [0.1, 0.15) is 0 Å². The maximum Gasteiger partial charge on any atom is 0.0509 e. The number of rotatable bonds is 4. The molecule has 3 unspecified atom stereocenters. The van der Waals surface area contributed by atoms with Crippen LogP contribution in [-0.4, -0.2) is 19.3 Å². The van der Waals surface area contributed by atoms with Gasteiger partial charge >= 0.3 is 0 Å². The summed E-state index contributed by atoms with van der Waals surface area (Å²) in [5.41, 5.74) is 0. The SMILES string of the molecule is CC(NC(C)C1CCOC1)c1sccc1Br. The van der Waals surface area contributed by atoms with E-state index in [9.17, 15) is 0 Å². The average Bonchev–Trinajstić information content (AvgIpc) is 2.86. The maximum atomic E-state index is 5.43. The van der Waals surface area contributed by atoms with Crippen molar-refractivity contribution in [3.05, 3.63) is 20.8 Å². The maximum absolute atomic E-state index is 5.43. The Labute approximate surface area is 110 Å². The van der Waals surface area contributed by atoms with E-state index in [0.29, 0.717) is 18.0 Å². The van der Waals surface area contributed by atoms with Crippen molar-refractivity contribution >= 4 is 27.3 Å². The van der Waals surface area contributed by atoms with Crippen LogP contribution in [0, 0.1) is 5.92 Å². The van der Waals surface area contributed by atoms with Crippen LogP contribution in [0.3, 0.4) is 0 Å². The second-order valence-corrected chi connectivity index (χ2v) is 6.24. The largest absolute Gasteiger partial charge is 0.381 e. The van der Waals surface area contributed by atoms with E-state index in [1.54, 1.807) is 11.3 Å². The van der Waals surface area contributed by atoms with Crippen molar-refractivity contribution in [2.24, 2.45) is 5.92 Å². The van der Waals surface area contributed by atoms with Crippen LogP contribution in [0.2, 0.25) is 0 Å². The molecule has 0 bridgehead atoms. The highest BCUT2D eigenvalue weighted by Gasteiger charge is 2.24. The van der Waals surface area contributed by atoms with Gasteiger partial charge in [0.25, 0.3) is 0 Å². The third-order valence-electron chi connectivity index (χ3n) is 3.22. The molecule has 2 heterocycles. The molecule has 16 heavy (non-hydrogen) atoms. The van der Waals surface area contributed by atoms with Crippen molar-refractivity contribution in [1.29, 1.82) is 0 Å². The van der Waals surface area contributed by atoms with Crippen molar-refractivity contribution < 1.29 is 4.74 Å². The lowest BCUT2D eigenvalue weighted by molar-refractivity contribution is 0.177. The first-order valence-corrected chi connectivity index (χ1v) is 7.42. The monoisotopic (exact) mass is 303 g/mol. The van der Waals surface area contributed by atoms with Crippen molar-refractivity contribution in [2.45, 2.75) is 32.4 Å². The Morgan fingerprint density at radius 2 is 2.38 bits per heavy atom. The van der Waals surface area contributed by atoms with Crippen LogP contribution >= 0.6 is 27.3 Å². The number of ether oxygens (including phenoxy) is 1. The van der Waals surface area contributed by atoms with E-state index >= 15 is 0 Å². The van der Waals surface area contributed by atoms with E-state index in [2.05, 4.69) is 46.5 Å². The molecule has 1 aromatic rings. The number of nitrogens with one attached hydrogen (secondary N) is 1. The minimum absolute atomic E-state index is 0.407. The molecule has 2 nitrogen and oxygen atoms in total. The van der Waals surface area contributed by atoms with Gasteiger partial charge in [0.15, 0.2) is 0 Å². The summed E-state index contributed by atoms with van der Waals surface area (Å²) in [4.78, 5) is 1.38. The van der Waals surface area contributed by atoms with Crippen LogP contribution in [0.1, 0.15) is 31.2 Å². The second kappa shape index (κ2) is 5.63. The third kappa shape index (κ3) is 2.86. The van der Waals surface area contributed by atoms with Gasteiger partial charge in [-0.3, -0.25) is 0 Å². The lowest BCUT2D eigenvalue weighted by Crippen LogP contribution is -2.35.